The third-order valence-electron chi connectivity index (χ3n) is 31.6. The number of hydrogen-bond acceptors (Lipinski definition) is 14. The number of aliphatic hydroxyl groups is 4. The SMILES string of the molecule is CO.COC[C@@H]1C[C@H]2C[C@](C)(O)CC[C@]2(C)[C@H]2CC[C@]3(C)[C@@H](C(=O)CBr)CC[C@H]3[C@H]12.COC[C@@H]1C[C@H]2C[C@](C)(O)CC[C@]2(C)[C@H]2CC[C@]3(C)[C@@H](C(=O)Cn4cc(C#N)cn4)CC[C@H]3[C@H]12.COC[C@@H]1C[C@H]2C[C@](C)(O)CC[C@]2(C)[C@H]2CC[C@]3(C)[C@@H](C(C)=O)CC[C@H]3[C@H]12.N#Cc1cn[nH]c1.[HH]. The molecule has 16 nitrogen and oxygen atoms in total. The van der Waals surface area contributed by atoms with Crippen molar-refractivity contribution in [2.45, 2.75) is 247 Å². The maximum Gasteiger partial charge on any atom is 0.157 e. The first-order valence-electron chi connectivity index (χ1n) is 38.3. The summed E-state index contributed by atoms with van der Waals surface area (Å²) in [5.41, 5.74) is 0.904. The van der Waals surface area contributed by atoms with Gasteiger partial charge in [0.25, 0.3) is 0 Å². The van der Waals surface area contributed by atoms with Gasteiger partial charge in [-0.05, 0) is 303 Å². The predicted octanol–water partition coefficient (Wildman–Crippen LogP) is 14.8. The second kappa shape index (κ2) is 30.0. The number of aromatic nitrogens is 4. The lowest BCUT2D eigenvalue weighted by atomic mass is 9.42. The molecule has 0 unspecified atom stereocenters. The Kier molecular flexibility index (Phi) is 23.6. The molecule has 12 aliphatic rings. The average Bonchev–Trinajstić information content (AvgIpc) is 1.71. The topological polar surface area (TPSA) is 254 Å². The molecule has 2 aromatic heterocycles. The number of nitrogens with zero attached hydrogens (tertiary/aromatic N) is 5. The molecule has 12 aliphatic carbocycles. The van der Waals surface area contributed by atoms with Gasteiger partial charge in [-0.2, -0.15) is 20.7 Å². The zero-order chi connectivity index (χ0) is 71.3. The number of alkyl halides is 1. The number of nitriles is 2. The summed E-state index contributed by atoms with van der Waals surface area (Å²) >= 11 is 3.44. The Balaban J connectivity index is 0.000000163. The van der Waals surface area contributed by atoms with Crippen LogP contribution in [0.15, 0.2) is 24.8 Å². The monoisotopic (exact) mass is 1420 g/mol. The van der Waals surface area contributed by atoms with Gasteiger partial charge in [0, 0.05) is 79.8 Å². The van der Waals surface area contributed by atoms with E-state index in [-0.39, 0.29) is 53.2 Å². The van der Waals surface area contributed by atoms with Crippen LogP contribution in [0.1, 0.15) is 236 Å². The van der Waals surface area contributed by atoms with Crippen LogP contribution in [-0.2, 0) is 35.1 Å². The molecule has 0 amide bonds. The van der Waals surface area contributed by atoms with Crippen LogP contribution in [0.2, 0.25) is 0 Å². The Morgan fingerprint density at radius 1 is 0.531 bits per heavy atom. The number of rotatable bonds is 12. The minimum Gasteiger partial charge on any atom is -0.400 e. The molecule has 0 aromatic carbocycles. The van der Waals surface area contributed by atoms with E-state index in [2.05, 4.69) is 78.8 Å². The highest BCUT2D eigenvalue weighted by Gasteiger charge is 2.68. The lowest BCUT2D eigenvalue weighted by molar-refractivity contribution is -0.175. The third-order valence-corrected chi connectivity index (χ3v) is 32.2. The highest BCUT2D eigenvalue weighted by Crippen LogP contribution is 2.73. The first kappa shape index (κ1) is 77.2. The summed E-state index contributed by atoms with van der Waals surface area (Å²) in [5.74, 6) is 11.0. The van der Waals surface area contributed by atoms with Gasteiger partial charge in [0.2, 0.25) is 0 Å². The van der Waals surface area contributed by atoms with E-state index >= 15 is 0 Å². The molecular formula is C81H129BrN6O10. The number of carbonyl (C=O) groups is 3. The van der Waals surface area contributed by atoms with Crippen molar-refractivity contribution in [3.8, 4) is 12.1 Å². The van der Waals surface area contributed by atoms with Gasteiger partial charge in [-0.15, -0.1) is 0 Å². The van der Waals surface area contributed by atoms with Crippen LogP contribution in [0.3, 0.4) is 0 Å². The number of aliphatic hydroxyl groups excluding tert-OH is 1. The molecule has 550 valence electrons. The van der Waals surface area contributed by atoms with Crippen molar-refractivity contribution >= 4 is 33.3 Å². The van der Waals surface area contributed by atoms with Crippen LogP contribution >= 0.6 is 15.9 Å². The first-order chi connectivity index (χ1) is 46.3. The van der Waals surface area contributed by atoms with Crippen LogP contribution < -0.4 is 0 Å². The normalized spacial score (nSPS) is 46.7. The number of methoxy groups -OCH3 is 3. The van der Waals surface area contributed by atoms with Crippen LogP contribution in [-0.4, -0.2) is 128 Å². The standard InChI is InChI=1S/C28H41N3O3.C24H39BrO3.C24H40O3.C4H3N3.CH4O.H2/c1-26(33)9-10-27(2)20(12-26)11-19(17-34-4)25-22-6-5-21(28(22,3)8-7-23(25)27)24(32)16-31-15-18(13-29)14-30-31;1-22(27)9-10-23(2)16(12-22)11-15(14-28-4)21-18-6-5-17(20(26)13-25)24(18,3)8-7-19(21)23;1-15(25)18-6-7-19-21-16(14-27-5)12-17-13-22(2,26)10-11-23(17,3)20(21)8-9-24(18,19)4;5-1-4-2-6-7-3-4;1-2;/h14-15,19-23,25,33H,5-12,16-17H2,1-4H3;15-19,21,27H,5-14H2,1-4H3;16-21,26H,6-14H2,1-5H3;2-3H,(H,6,7);2H,1H3;1H/t19-,20-,21+,22-,23-,25-,26+,27-,28+;15-,16-,17+,18-,19-,21-,22+,23-,24+;16-,17-,18+,19-,20-,21-,22+,23-,24+;;;/m000.../s1. The minimum absolute atomic E-state index is 0. The number of ketones is 3. The van der Waals surface area contributed by atoms with Crippen LogP contribution in [0.5, 0.6) is 0 Å². The van der Waals surface area contributed by atoms with Crippen molar-refractivity contribution in [3.63, 3.8) is 0 Å². The summed E-state index contributed by atoms with van der Waals surface area (Å²) in [6, 6.07) is 4.01. The zero-order valence-corrected chi connectivity index (χ0v) is 64.1. The maximum atomic E-state index is 13.5. The number of nitrogens with one attached hydrogen (secondary N) is 1. The highest BCUT2D eigenvalue weighted by atomic mass is 79.9. The smallest absolute Gasteiger partial charge is 0.157 e. The molecule has 14 rings (SSSR count). The van der Waals surface area contributed by atoms with Crippen molar-refractivity contribution in [2.75, 3.05) is 53.6 Å². The number of halogens is 1. The molecule has 0 spiro atoms. The number of carbonyl (C=O) groups excluding carboxylic acids is 3. The van der Waals surface area contributed by atoms with Crippen LogP contribution in [0.25, 0.3) is 0 Å². The van der Waals surface area contributed by atoms with Crippen molar-refractivity contribution in [2.24, 2.45) is 139 Å². The van der Waals surface area contributed by atoms with E-state index in [9.17, 15) is 29.7 Å². The van der Waals surface area contributed by atoms with Gasteiger partial charge in [-0.3, -0.25) is 24.2 Å². The quantitative estimate of drug-likeness (QED) is 0.124. The first-order valence-corrected chi connectivity index (χ1v) is 39.5. The summed E-state index contributed by atoms with van der Waals surface area (Å²) in [6.07, 6.45) is 32.6. The maximum absolute atomic E-state index is 13.5. The molecule has 27 atom stereocenters. The van der Waals surface area contributed by atoms with Crippen molar-refractivity contribution < 1.29 is 50.4 Å². The molecule has 0 aliphatic heterocycles. The Hall–Kier alpha value is -3.39. The molecular weight excluding hydrogens is 1300 g/mol. The molecule has 5 N–H and O–H groups in total. The van der Waals surface area contributed by atoms with Gasteiger partial charge in [0.15, 0.2) is 5.78 Å². The van der Waals surface area contributed by atoms with Gasteiger partial charge < -0.3 is 34.6 Å². The Labute approximate surface area is 598 Å². The fraction of sp³-hybridized carbons (Fsp3) is 0.864. The van der Waals surface area contributed by atoms with E-state index in [1.807, 2.05) is 55.1 Å². The second-order valence-corrected chi connectivity index (χ2v) is 37.3. The summed E-state index contributed by atoms with van der Waals surface area (Å²) < 4.78 is 18.9. The largest absolute Gasteiger partial charge is 0.400 e. The second-order valence-electron chi connectivity index (χ2n) is 36.8. The molecule has 12 fully saturated rings. The fourth-order valence-corrected chi connectivity index (χ4v) is 27.3. The van der Waals surface area contributed by atoms with Crippen LogP contribution in [0, 0.1) is 162 Å². The van der Waals surface area contributed by atoms with Crippen molar-refractivity contribution in [1.82, 2.24) is 20.0 Å². The minimum atomic E-state index is -0.541. The summed E-state index contributed by atoms with van der Waals surface area (Å²) in [7, 11) is 6.50. The summed E-state index contributed by atoms with van der Waals surface area (Å²) in [6.45, 7) is 25.5. The van der Waals surface area contributed by atoms with E-state index < -0.39 is 16.8 Å². The lowest BCUT2D eigenvalue weighted by Gasteiger charge is -2.64. The van der Waals surface area contributed by atoms with Crippen molar-refractivity contribution in [3.05, 3.63) is 35.9 Å². The molecule has 2 heterocycles. The number of fused-ring (bicyclic) bond motifs is 15. The van der Waals surface area contributed by atoms with Gasteiger partial charge in [0.05, 0.1) is 52.2 Å². The van der Waals surface area contributed by atoms with E-state index in [0.29, 0.717) is 116 Å². The average molecular weight is 1430 g/mol. The molecule has 0 radical (unpaired) electrons. The number of ether oxygens (including phenoxy) is 3. The zero-order valence-electron chi connectivity index (χ0n) is 62.6. The Morgan fingerprint density at radius 3 is 1.20 bits per heavy atom. The molecule has 0 bridgehead atoms. The number of H-pyrrole nitrogens is 1. The number of hydrogen-bond donors (Lipinski definition) is 5. The number of aromatic amines is 1. The van der Waals surface area contributed by atoms with Crippen molar-refractivity contribution in [1.29, 1.82) is 10.5 Å². The molecule has 12 saturated carbocycles. The summed E-state index contributed by atoms with van der Waals surface area (Å²) in [5, 5.41) is 67.4. The molecule has 98 heavy (non-hydrogen) atoms. The predicted molar refractivity (Wildman–Crippen MR) is 385 cm³/mol. The summed E-state index contributed by atoms with van der Waals surface area (Å²) in [4.78, 5) is 38.6. The lowest BCUT2D eigenvalue weighted by Crippen LogP contribution is -2.59. The molecule has 0 saturated heterocycles. The van der Waals surface area contributed by atoms with Gasteiger partial charge in [-0.25, -0.2) is 0 Å². The fourth-order valence-electron chi connectivity index (χ4n) is 26.9. The Morgan fingerprint density at radius 2 is 0.888 bits per heavy atom. The Bertz CT molecular complexity index is 3160. The highest BCUT2D eigenvalue weighted by molar-refractivity contribution is 9.09. The van der Waals surface area contributed by atoms with Gasteiger partial charge in [0.1, 0.15) is 23.7 Å². The van der Waals surface area contributed by atoms with Gasteiger partial charge >= 0.3 is 0 Å². The molecule has 17 heteroatoms. The van der Waals surface area contributed by atoms with Crippen LogP contribution in [0.4, 0.5) is 0 Å². The van der Waals surface area contributed by atoms with E-state index in [1.54, 1.807) is 17.1 Å². The van der Waals surface area contributed by atoms with E-state index in [0.717, 1.165) is 135 Å². The third kappa shape index (κ3) is 14.4. The van der Waals surface area contributed by atoms with E-state index in [1.165, 1.54) is 70.2 Å². The van der Waals surface area contributed by atoms with E-state index in [4.69, 9.17) is 29.8 Å². The number of Topliss-reactive ketones (excluding diaryl/α,β-unsaturated/α-hetero) is 3. The molecule has 2 aromatic rings. The van der Waals surface area contributed by atoms with Gasteiger partial charge in [-0.1, -0.05) is 57.5 Å².